The van der Waals surface area contributed by atoms with Gasteiger partial charge in [-0.3, -0.25) is 9.36 Å². The molecule has 2 saturated heterocycles. The molecule has 0 unspecified atom stereocenters. The van der Waals surface area contributed by atoms with Gasteiger partial charge in [0.25, 0.3) is 5.56 Å². The van der Waals surface area contributed by atoms with Gasteiger partial charge in [0, 0.05) is 30.7 Å². The van der Waals surface area contributed by atoms with Crippen molar-refractivity contribution in [1.29, 1.82) is 0 Å². The van der Waals surface area contributed by atoms with E-state index in [2.05, 4.69) is 16.8 Å². The second-order valence-corrected chi connectivity index (χ2v) is 8.24. The van der Waals surface area contributed by atoms with Gasteiger partial charge in [-0.05, 0) is 37.7 Å². The molecule has 2 fully saturated rings. The third-order valence-corrected chi connectivity index (χ3v) is 6.27. The van der Waals surface area contributed by atoms with Crippen LogP contribution in [-0.4, -0.2) is 35.4 Å². The summed E-state index contributed by atoms with van der Waals surface area (Å²) in [6.07, 6.45) is 3.53. The van der Waals surface area contributed by atoms with Crippen molar-refractivity contribution in [2.45, 2.75) is 32.3 Å². The van der Waals surface area contributed by atoms with Crippen LogP contribution in [0.4, 0.5) is 11.8 Å². The average molecular weight is 389 g/mol. The van der Waals surface area contributed by atoms with Gasteiger partial charge in [0.05, 0.1) is 18.3 Å². The molecule has 7 heteroatoms. The van der Waals surface area contributed by atoms with E-state index in [1.807, 2.05) is 12.1 Å². The number of hydrogen-bond acceptors (Lipinski definition) is 5. The van der Waals surface area contributed by atoms with Gasteiger partial charge >= 0.3 is 0 Å². The van der Waals surface area contributed by atoms with Crippen molar-refractivity contribution in [3.05, 3.63) is 39.6 Å². The van der Waals surface area contributed by atoms with E-state index in [0.717, 1.165) is 39.0 Å². The number of nitrogens with zero attached hydrogens (tertiary/aromatic N) is 3. The summed E-state index contributed by atoms with van der Waals surface area (Å²) < 4.78 is 7.39. The van der Waals surface area contributed by atoms with Gasteiger partial charge in [-0.25, -0.2) is 0 Å². The second-order valence-electron chi connectivity index (χ2n) is 7.83. The maximum Gasteiger partial charge on any atom is 0.264 e. The molecule has 3 heterocycles. The summed E-state index contributed by atoms with van der Waals surface area (Å²) in [5, 5.41) is 0.492. The zero-order chi connectivity index (χ0) is 19.2. The van der Waals surface area contributed by atoms with Gasteiger partial charge in [-0.15, -0.1) is 0 Å². The van der Waals surface area contributed by atoms with E-state index in [0.29, 0.717) is 28.2 Å². The molecule has 1 atom stereocenters. The van der Waals surface area contributed by atoms with E-state index in [1.165, 1.54) is 0 Å². The van der Waals surface area contributed by atoms with E-state index in [1.54, 1.807) is 23.7 Å². The van der Waals surface area contributed by atoms with Crippen molar-refractivity contribution in [3.8, 4) is 11.1 Å². The molecule has 27 heavy (non-hydrogen) atoms. The highest BCUT2D eigenvalue weighted by Crippen LogP contribution is 2.42. The largest absolute Gasteiger partial charge is 0.383 e. The number of rotatable bonds is 2. The van der Waals surface area contributed by atoms with Crippen LogP contribution in [0.1, 0.15) is 26.2 Å². The van der Waals surface area contributed by atoms with Crippen molar-refractivity contribution in [2.75, 3.05) is 30.3 Å². The van der Waals surface area contributed by atoms with E-state index >= 15 is 0 Å². The fourth-order valence-corrected chi connectivity index (χ4v) is 4.61. The Morgan fingerprint density at radius 1 is 1.30 bits per heavy atom. The Kier molecular flexibility index (Phi) is 4.64. The lowest BCUT2D eigenvalue weighted by atomic mass is 9.77. The molecular formula is C20H25ClN4O2. The Morgan fingerprint density at radius 3 is 2.63 bits per heavy atom. The fourth-order valence-electron chi connectivity index (χ4n) is 4.38. The lowest BCUT2D eigenvalue weighted by Crippen LogP contribution is -2.43. The molecule has 0 amide bonds. The predicted octanol–water partition coefficient (Wildman–Crippen LogP) is 3.08. The van der Waals surface area contributed by atoms with Crippen molar-refractivity contribution in [3.63, 3.8) is 0 Å². The molecule has 0 aliphatic carbocycles. The third kappa shape index (κ3) is 3.21. The quantitative estimate of drug-likeness (QED) is 0.855. The Hall–Kier alpha value is -2.05. The molecular weight excluding hydrogens is 364 g/mol. The highest BCUT2D eigenvalue weighted by molar-refractivity contribution is 6.33. The van der Waals surface area contributed by atoms with Gasteiger partial charge in [0.2, 0.25) is 5.95 Å². The molecule has 0 radical (unpaired) electrons. The minimum atomic E-state index is -0.177. The van der Waals surface area contributed by atoms with Crippen LogP contribution in [-0.2, 0) is 11.8 Å². The summed E-state index contributed by atoms with van der Waals surface area (Å²) in [5.41, 5.74) is 7.28. The van der Waals surface area contributed by atoms with Crippen LogP contribution < -0.4 is 16.2 Å². The van der Waals surface area contributed by atoms with Gasteiger partial charge in [-0.1, -0.05) is 29.8 Å². The number of nitrogen functional groups attached to an aromatic ring is 1. The molecule has 4 rings (SSSR count). The smallest absolute Gasteiger partial charge is 0.264 e. The van der Waals surface area contributed by atoms with E-state index in [-0.39, 0.29) is 16.8 Å². The SMILES string of the molecule is C[C@H]1CC2(CCN(c3nc(N)c(-c4ccccc4Cl)c(=O)n3C)CC2)CO1. The van der Waals surface area contributed by atoms with Crippen molar-refractivity contribution < 1.29 is 4.74 Å². The zero-order valence-corrected chi connectivity index (χ0v) is 16.5. The van der Waals surface area contributed by atoms with E-state index < -0.39 is 0 Å². The predicted molar refractivity (Wildman–Crippen MR) is 108 cm³/mol. The van der Waals surface area contributed by atoms with E-state index in [4.69, 9.17) is 22.1 Å². The first-order valence-electron chi connectivity index (χ1n) is 9.38. The van der Waals surface area contributed by atoms with E-state index in [9.17, 15) is 4.79 Å². The molecule has 6 nitrogen and oxygen atoms in total. The van der Waals surface area contributed by atoms with Crippen molar-refractivity contribution in [1.82, 2.24) is 9.55 Å². The number of piperidine rings is 1. The van der Waals surface area contributed by atoms with Crippen LogP contribution in [0.5, 0.6) is 0 Å². The van der Waals surface area contributed by atoms with Crippen LogP contribution in [0.3, 0.4) is 0 Å². The normalized spacial score (nSPS) is 21.7. The minimum absolute atomic E-state index is 0.177. The molecule has 0 bridgehead atoms. The molecule has 2 aliphatic heterocycles. The number of ether oxygens (including phenoxy) is 1. The molecule has 0 saturated carbocycles. The van der Waals surface area contributed by atoms with Crippen LogP contribution in [0.25, 0.3) is 11.1 Å². The third-order valence-electron chi connectivity index (χ3n) is 5.94. The van der Waals surface area contributed by atoms with Gasteiger partial charge in [0.15, 0.2) is 0 Å². The maximum absolute atomic E-state index is 13.0. The first-order valence-corrected chi connectivity index (χ1v) is 9.76. The summed E-state index contributed by atoms with van der Waals surface area (Å²) in [4.78, 5) is 19.8. The number of benzene rings is 1. The molecule has 1 spiro atoms. The summed E-state index contributed by atoms with van der Waals surface area (Å²) in [7, 11) is 1.75. The van der Waals surface area contributed by atoms with Crippen LogP contribution >= 0.6 is 11.6 Å². The van der Waals surface area contributed by atoms with Gasteiger partial charge < -0.3 is 15.4 Å². The van der Waals surface area contributed by atoms with Crippen LogP contribution in [0.2, 0.25) is 5.02 Å². The fraction of sp³-hybridized carbons (Fsp3) is 0.500. The summed E-state index contributed by atoms with van der Waals surface area (Å²) in [6.45, 7) is 4.67. The molecule has 1 aromatic carbocycles. The highest BCUT2D eigenvalue weighted by Gasteiger charge is 2.41. The zero-order valence-electron chi connectivity index (χ0n) is 15.7. The second kappa shape index (κ2) is 6.84. The number of aromatic nitrogens is 2. The number of anilines is 2. The molecule has 144 valence electrons. The van der Waals surface area contributed by atoms with Gasteiger partial charge in [0.1, 0.15) is 5.82 Å². The topological polar surface area (TPSA) is 73.4 Å². The lowest BCUT2D eigenvalue weighted by molar-refractivity contribution is 0.0974. The Labute approximate surface area is 163 Å². The summed E-state index contributed by atoms with van der Waals surface area (Å²) >= 11 is 6.27. The molecule has 2 aromatic rings. The average Bonchev–Trinajstić information content (AvgIpc) is 3.01. The van der Waals surface area contributed by atoms with Crippen molar-refractivity contribution in [2.24, 2.45) is 12.5 Å². The highest BCUT2D eigenvalue weighted by atomic mass is 35.5. The monoisotopic (exact) mass is 388 g/mol. The van der Waals surface area contributed by atoms with Gasteiger partial charge in [-0.2, -0.15) is 4.98 Å². The first kappa shape index (κ1) is 18.3. The molecule has 2 aliphatic rings. The Balaban J connectivity index is 1.64. The number of halogens is 1. The first-order chi connectivity index (χ1) is 12.9. The molecule has 1 aromatic heterocycles. The van der Waals surface area contributed by atoms with Crippen molar-refractivity contribution >= 4 is 23.4 Å². The summed E-state index contributed by atoms with van der Waals surface area (Å²) in [6, 6.07) is 7.20. The standard InChI is InChI=1S/C20H25ClN4O2/c1-13-11-20(12-27-13)7-9-25(10-8-20)19-23-17(22)16(18(26)24(19)2)14-5-3-4-6-15(14)21/h3-6,13H,7-12,22H2,1-2H3/t13-/m0/s1. The van der Waals surface area contributed by atoms with Crippen LogP contribution in [0, 0.1) is 5.41 Å². The lowest BCUT2D eigenvalue weighted by Gasteiger charge is -2.39. The Bertz CT molecular complexity index is 919. The van der Waals surface area contributed by atoms with Crippen LogP contribution in [0.15, 0.2) is 29.1 Å². The maximum atomic E-state index is 13.0. The number of nitrogens with two attached hydrogens (primary N) is 1. The Morgan fingerprint density at radius 2 is 2.00 bits per heavy atom. The minimum Gasteiger partial charge on any atom is -0.383 e. The number of hydrogen-bond donors (Lipinski definition) is 1. The molecule has 2 N–H and O–H groups in total. The summed E-state index contributed by atoms with van der Waals surface area (Å²) in [5.74, 6) is 0.842.